The molecule has 36 heavy (non-hydrogen) atoms. The molecule has 0 atom stereocenters. The number of nitrogens with one attached hydrogen (secondary N) is 1. The SMILES string of the molecule is Cn1c(=NNC(=O)c2cc(-c3ccc(-c4ccccc4)cc3)nc3ccccc23)sc2ccccc21. The summed E-state index contributed by atoms with van der Waals surface area (Å²) in [5, 5.41) is 5.22. The van der Waals surface area contributed by atoms with Gasteiger partial charge in [0.15, 0.2) is 0 Å². The molecule has 0 spiro atoms. The lowest BCUT2D eigenvalue weighted by Gasteiger charge is -2.10. The highest BCUT2D eigenvalue weighted by molar-refractivity contribution is 7.16. The molecule has 2 aromatic heterocycles. The van der Waals surface area contributed by atoms with Crippen LogP contribution in [0, 0.1) is 0 Å². The summed E-state index contributed by atoms with van der Waals surface area (Å²) < 4.78 is 3.09. The van der Waals surface area contributed by atoms with E-state index >= 15 is 0 Å². The molecule has 0 bridgehead atoms. The molecule has 0 aliphatic heterocycles. The number of hydrogen-bond acceptors (Lipinski definition) is 4. The lowest BCUT2D eigenvalue weighted by Crippen LogP contribution is -2.23. The van der Waals surface area contributed by atoms with Gasteiger partial charge in [-0.05, 0) is 35.4 Å². The van der Waals surface area contributed by atoms with Crippen molar-refractivity contribution in [3.63, 3.8) is 0 Å². The van der Waals surface area contributed by atoms with Crippen molar-refractivity contribution in [2.24, 2.45) is 12.1 Å². The standard InChI is InChI=1S/C30H22N4OS/c1-34-27-13-7-8-14-28(27)36-30(34)33-32-29(35)24-19-26(31-25-12-6-5-11-23(24)25)22-17-15-21(16-18-22)20-9-3-2-4-10-20/h2-19H,1H3,(H,32,35). The number of rotatable bonds is 4. The molecule has 0 radical (unpaired) electrons. The lowest BCUT2D eigenvalue weighted by atomic mass is 10.0. The van der Waals surface area contributed by atoms with Crippen molar-refractivity contribution >= 4 is 38.4 Å². The first-order chi connectivity index (χ1) is 17.7. The molecular weight excluding hydrogens is 464 g/mol. The minimum Gasteiger partial charge on any atom is -0.318 e. The third-order valence-corrected chi connectivity index (χ3v) is 7.33. The van der Waals surface area contributed by atoms with Crippen LogP contribution in [0.4, 0.5) is 0 Å². The van der Waals surface area contributed by atoms with Gasteiger partial charge in [-0.25, -0.2) is 10.4 Å². The summed E-state index contributed by atoms with van der Waals surface area (Å²) in [5.41, 5.74) is 9.12. The number of aryl methyl sites for hydroxylation is 1. The minimum absolute atomic E-state index is 0.270. The first-order valence-corrected chi connectivity index (χ1v) is 12.4. The van der Waals surface area contributed by atoms with Crippen LogP contribution in [0.25, 0.3) is 43.5 Å². The molecule has 6 heteroatoms. The van der Waals surface area contributed by atoms with Gasteiger partial charge in [0.2, 0.25) is 4.80 Å². The highest BCUT2D eigenvalue weighted by atomic mass is 32.1. The van der Waals surface area contributed by atoms with Crippen molar-refractivity contribution in [2.45, 2.75) is 0 Å². The summed E-state index contributed by atoms with van der Waals surface area (Å²) >= 11 is 1.53. The maximum Gasteiger partial charge on any atom is 0.272 e. The number of nitrogens with zero attached hydrogens (tertiary/aromatic N) is 3. The molecule has 0 saturated carbocycles. The first-order valence-electron chi connectivity index (χ1n) is 11.6. The second kappa shape index (κ2) is 9.24. The topological polar surface area (TPSA) is 59.3 Å². The number of aromatic nitrogens is 2. The van der Waals surface area contributed by atoms with Gasteiger partial charge in [-0.15, -0.1) is 5.10 Å². The molecule has 5 nitrogen and oxygen atoms in total. The van der Waals surface area contributed by atoms with Crippen molar-refractivity contribution in [1.29, 1.82) is 0 Å². The average molecular weight is 487 g/mol. The second-order valence-corrected chi connectivity index (χ2v) is 9.49. The predicted octanol–water partition coefficient (Wildman–Crippen LogP) is 6.37. The Balaban J connectivity index is 1.37. The molecular formula is C30H22N4OS. The van der Waals surface area contributed by atoms with Gasteiger partial charge in [0.1, 0.15) is 0 Å². The van der Waals surface area contributed by atoms with E-state index < -0.39 is 0 Å². The van der Waals surface area contributed by atoms with Gasteiger partial charge in [0.05, 0.1) is 27.0 Å². The van der Waals surface area contributed by atoms with E-state index in [0.29, 0.717) is 5.56 Å². The van der Waals surface area contributed by atoms with E-state index in [4.69, 9.17) is 4.98 Å². The zero-order valence-electron chi connectivity index (χ0n) is 19.6. The van der Waals surface area contributed by atoms with E-state index in [9.17, 15) is 4.79 Å². The Morgan fingerprint density at radius 2 is 1.47 bits per heavy atom. The molecule has 2 heterocycles. The summed E-state index contributed by atoms with van der Waals surface area (Å²) in [6.45, 7) is 0. The molecule has 4 aromatic carbocycles. The zero-order chi connectivity index (χ0) is 24.5. The van der Waals surface area contributed by atoms with Crippen molar-refractivity contribution in [1.82, 2.24) is 15.0 Å². The zero-order valence-corrected chi connectivity index (χ0v) is 20.4. The second-order valence-electron chi connectivity index (χ2n) is 8.48. The van der Waals surface area contributed by atoms with E-state index in [0.717, 1.165) is 48.3 Å². The van der Waals surface area contributed by atoms with Crippen LogP contribution in [0.2, 0.25) is 0 Å². The van der Waals surface area contributed by atoms with Gasteiger partial charge in [0.25, 0.3) is 5.91 Å². The molecule has 174 valence electrons. The number of benzene rings is 4. The van der Waals surface area contributed by atoms with Gasteiger partial charge in [-0.2, -0.15) is 0 Å². The van der Waals surface area contributed by atoms with Crippen LogP contribution in [0.15, 0.2) is 114 Å². The molecule has 0 aliphatic carbocycles. The van der Waals surface area contributed by atoms with Crippen LogP contribution >= 0.6 is 11.3 Å². The number of pyridine rings is 1. The maximum absolute atomic E-state index is 13.3. The summed E-state index contributed by atoms with van der Waals surface area (Å²) in [5.74, 6) is -0.270. The molecule has 0 aliphatic rings. The fourth-order valence-electron chi connectivity index (χ4n) is 4.32. The van der Waals surface area contributed by atoms with Gasteiger partial charge in [-0.3, -0.25) is 4.79 Å². The summed E-state index contributed by atoms with van der Waals surface area (Å²) in [6.07, 6.45) is 0. The summed E-state index contributed by atoms with van der Waals surface area (Å²) in [4.78, 5) is 18.9. The van der Waals surface area contributed by atoms with Crippen molar-refractivity contribution in [2.75, 3.05) is 0 Å². The fraction of sp³-hybridized carbons (Fsp3) is 0.0333. The van der Waals surface area contributed by atoms with E-state index in [2.05, 4.69) is 34.8 Å². The maximum atomic E-state index is 13.3. The predicted molar refractivity (Wildman–Crippen MR) is 146 cm³/mol. The number of amides is 1. The Morgan fingerprint density at radius 1 is 0.806 bits per heavy atom. The van der Waals surface area contributed by atoms with Gasteiger partial charge in [-0.1, -0.05) is 96.3 Å². The average Bonchev–Trinajstić information content (AvgIpc) is 3.27. The quantitative estimate of drug-likeness (QED) is 0.295. The number of carbonyl (C=O) groups is 1. The molecule has 0 saturated heterocycles. The third-order valence-electron chi connectivity index (χ3n) is 6.22. The summed E-state index contributed by atoms with van der Waals surface area (Å²) in [6, 6.07) is 36.1. The number of thiazole rings is 1. The molecule has 6 aromatic rings. The minimum atomic E-state index is -0.270. The Hall–Kier alpha value is -4.55. The van der Waals surface area contributed by atoms with Crippen molar-refractivity contribution in [3.05, 3.63) is 120 Å². The van der Waals surface area contributed by atoms with Crippen LogP contribution in [0.1, 0.15) is 10.4 Å². The first kappa shape index (κ1) is 21.9. The Bertz CT molecular complexity index is 1780. The summed E-state index contributed by atoms with van der Waals surface area (Å²) in [7, 11) is 1.95. The smallest absolute Gasteiger partial charge is 0.272 e. The monoisotopic (exact) mass is 486 g/mol. The molecule has 1 N–H and O–H groups in total. The third kappa shape index (κ3) is 4.08. The van der Waals surface area contributed by atoms with Gasteiger partial charge < -0.3 is 4.57 Å². The van der Waals surface area contributed by atoms with E-state index in [1.54, 1.807) is 0 Å². The number of carbonyl (C=O) groups excluding carboxylic acids is 1. The van der Waals surface area contributed by atoms with Crippen LogP contribution in [0.5, 0.6) is 0 Å². The van der Waals surface area contributed by atoms with Gasteiger partial charge >= 0.3 is 0 Å². The van der Waals surface area contributed by atoms with E-state index in [1.807, 2.05) is 96.5 Å². The van der Waals surface area contributed by atoms with E-state index in [-0.39, 0.29) is 5.91 Å². The fourth-order valence-corrected chi connectivity index (χ4v) is 5.30. The number of para-hydroxylation sites is 2. The van der Waals surface area contributed by atoms with Crippen LogP contribution < -0.4 is 10.2 Å². The highest BCUT2D eigenvalue weighted by Gasteiger charge is 2.14. The molecule has 0 fully saturated rings. The van der Waals surface area contributed by atoms with Gasteiger partial charge in [0, 0.05) is 18.0 Å². The normalized spacial score (nSPS) is 11.8. The van der Waals surface area contributed by atoms with Crippen molar-refractivity contribution in [3.8, 4) is 22.4 Å². The van der Waals surface area contributed by atoms with Crippen LogP contribution in [0.3, 0.4) is 0 Å². The van der Waals surface area contributed by atoms with Crippen LogP contribution in [-0.2, 0) is 7.05 Å². The highest BCUT2D eigenvalue weighted by Crippen LogP contribution is 2.27. The Kier molecular flexibility index (Phi) is 5.64. The Labute approximate surface area is 212 Å². The lowest BCUT2D eigenvalue weighted by molar-refractivity contribution is 0.0954. The number of fused-ring (bicyclic) bond motifs is 2. The Morgan fingerprint density at radius 3 is 2.28 bits per heavy atom. The largest absolute Gasteiger partial charge is 0.318 e. The molecule has 0 unspecified atom stereocenters. The number of hydrogen-bond donors (Lipinski definition) is 1. The van der Waals surface area contributed by atoms with E-state index in [1.165, 1.54) is 11.3 Å². The molecule has 6 rings (SSSR count). The molecule has 1 amide bonds. The van der Waals surface area contributed by atoms with Crippen molar-refractivity contribution < 1.29 is 4.79 Å². The van der Waals surface area contributed by atoms with Crippen LogP contribution in [-0.4, -0.2) is 15.5 Å².